The number of likely N-dealkylation sites (N-methyl/N-ethyl adjacent to an activating group) is 1. The Labute approximate surface area is 461 Å². The lowest BCUT2D eigenvalue weighted by Gasteiger charge is -2.30. The Morgan fingerprint density at radius 2 is 0.867 bits per heavy atom. The zero-order valence-electron chi connectivity index (χ0n) is 49.0. The summed E-state index contributed by atoms with van der Waals surface area (Å²) >= 11 is 0. The van der Waals surface area contributed by atoms with Gasteiger partial charge in [0.25, 0.3) is 7.82 Å². The number of carbonyl (C=O) groups excluding carboxylic acids is 2. The summed E-state index contributed by atoms with van der Waals surface area (Å²) in [5.41, 5.74) is 0. The quantitative estimate of drug-likeness (QED) is 0.0212. The Kier molecular flexibility index (Phi) is 51.6. The molecular formula is C65H113N2O7P. The zero-order valence-corrected chi connectivity index (χ0v) is 49.9. The molecule has 10 heteroatoms. The van der Waals surface area contributed by atoms with E-state index in [9.17, 15) is 19.0 Å². The molecule has 0 saturated carbocycles. The number of hydrogen-bond acceptors (Lipinski definition) is 7. The number of esters is 1. The highest BCUT2D eigenvalue weighted by atomic mass is 31.2. The number of rotatable bonds is 53. The molecule has 0 fully saturated rings. The number of quaternary nitrogens is 1. The van der Waals surface area contributed by atoms with E-state index in [4.69, 9.17) is 13.8 Å². The monoisotopic (exact) mass is 1060 g/mol. The summed E-state index contributed by atoms with van der Waals surface area (Å²) < 4.78 is 30.2. The number of phosphoric acid groups is 1. The largest absolute Gasteiger partial charge is 0.756 e. The van der Waals surface area contributed by atoms with E-state index >= 15 is 0 Å². The number of hydrogen-bond donors (Lipinski definition) is 1. The van der Waals surface area contributed by atoms with Crippen LogP contribution in [0, 0.1) is 0 Å². The maximum absolute atomic E-state index is 13.5. The summed E-state index contributed by atoms with van der Waals surface area (Å²) in [5, 5.41) is 3.00. The van der Waals surface area contributed by atoms with Gasteiger partial charge in [-0.05, 0) is 109 Å². The molecule has 0 spiro atoms. The predicted molar refractivity (Wildman–Crippen MR) is 320 cm³/mol. The van der Waals surface area contributed by atoms with Gasteiger partial charge in [0.1, 0.15) is 19.3 Å². The van der Waals surface area contributed by atoms with Crippen LogP contribution in [0.3, 0.4) is 0 Å². The number of carbonyl (C=O) groups is 2. The van der Waals surface area contributed by atoms with Crippen LogP contribution in [-0.2, 0) is 27.9 Å². The molecule has 0 rings (SSSR count). The molecule has 430 valence electrons. The maximum Gasteiger partial charge on any atom is 0.306 e. The number of nitrogens with zero attached hydrogens (tertiary/aromatic N) is 1. The van der Waals surface area contributed by atoms with Crippen molar-refractivity contribution in [3.63, 3.8) is 0 Å². The van der Waals surface area contributed by atoms with E-state index in [2.05, 4.69) is 123 Å². The van der Waals surface area contributed by atoms with E-state index in [1.165, 1.54) is 83.5 Å². The highest BCUT2D eigenvalue weighted by Crippen LogP contribution is 2.38. The van der Waals surface area contributed by atoms with E-state index in [0.29, 0.717) is 23.9 Å². The fourth-order valence-corrected chi connectivity index (χ4v) is 8.76. The van der Waals surface area contributed by atoms with Gasteiger partial charge in [0.15, 0.2) is 0 Å². The standard InChI is InChI=1S/C65H113N2O7P/c1-7-10-13-16-19-22-25-28-30-32-33-35-36-39-42-45-48-51-54-57-64(68)66-62(61-73-75(70,71)72-60-59-67(4,5)6)63(56-53-50-47-44-41-38-27-24-21-18-15-12-9-3)74-65(69)58-55-52-49-46-43-40-37-34-31-29-26-23-20-17-14-11-8-2/h11,14,19-20,22-23,28-31,33,35,37,40,46,49,53,56,62-63H,7-10,12-13,15-18,21,24-27,32,34,36,38-39,41-45,47-48,50-52,54-55,57-61H2,1-6H3,(H-,66,68,70,71)/b14-11-,22-19-,23-20-,30-28-,31-29-,35-33-,40-37-,49-46-,56-53+. The van der Waals surface area contributed by atoms with Crippen molar-refractivity contribution in [2.75, 3.05) is 40.9 Å². The summed E-state index contributed by atoms with van der Waals surface area (Å²) in [6, 6.07) is -0.925. The van der Waals surface area contributed by atoms with Crippen LogP contribution in [-0.4, -0.2) is 69.4 Å². The molecule has 0 aliphatic carbocycles. The third-order valence-electron chi connectivity index (χ3n) is 12.7. The Hall–Kier alpha value is -3.33. The Bertz CT molecular complexity index is 1650. The highest BCUT2D eigenvalue weighted by Gasteiger charge is 2.27. The average Bonchev–Trinajstić information content (AvgIpc) is 3.37. The lowest BCUT2D eigenvalue weighted by molar-refractivity contribution is -0.870. The van der Waals surface area contributed by atoms with E-state index in [0.717, 1.165) is 109 Å². The normalized spacial score (nSPS) is 14.5. The molecule has 1 amide bonds. The Balaban J connectivity index is 5.44. The van der Waals surface area contributed by atoms with Crippen molar-refractivity contribution >= 4 is 19.7 Å². The van der Waals surface area contributed by atoms with Crippen LogP contribution in [0.25, 0.3) is 0 Å². The molecule has 0 bridgehead atoms. The van der Waals surface area contributed by atoms with Gasteiger partial charge in [0.05, 0.1) is 33.8 Å². The number of unbranched alkanes of at least 4 members (excludes halogenated alkanes) is 21. The second-order valence-corrected chi connectivity index (χ2v) is 22.5. The first-order valence-electron chi connectivity index (χ1n) is 30.2. The molecule has 0 aliphatic rings. The van der Waals surface area contributed by atoms with Crippen LogP contribution >= 0.6 is 7.82 Å². The van der Waals surface area contributed by atoms with E-state index < -0.39 is 32.5 Å². The first-order chi connectivity index (χ1) is 36.4. The van der Waals surface area contributed by atoms with E-state index in [1.54, 1.807) is 6.08 Å². The fourth-order valence-electron chi connectivity index (χ4n) is 8.03. The van der Waals surface area contributed by atoms with E-state index in [1.807, 2.05) is 27.2 Å². The first-order valence-corrected chi connectivity index (χ1v) is 31.7. The molecular weight excluding hydrogens is 952 g/mol. The SMILES string of the molecule is CC/C=C\C/C=C\C/C=C\C/C=C\C/C=C\CCCC(=O)OC(/C=C/CCCCCCCCCCCCC)C(COP(=O)([O-])OCC[N+](C)(C)C)NC(=O)CCCCCCCC/C=C\C/C=C\C/C=C\CCCCC. The molecule has 3 unspecified atom stereocenters. The lowest BCUT2D eigenvalue weighted by Crippen LogP contribution is -2.47. The molecule has 0 aromatic rings. The highest BCUT2D eigenvalue weighted by molar-refractivity contribution is 7.45. The van der Waals surface area contributed by atoms with Gasteiger partial charge in [0.2, 0.25) is 5.91 Å². The number of amides is 1. The van der Waals surface area contributed by atoms with Crippen LogP contribution in [0.4, 0.5) is 0 Å². The van der Waals surface area contributed by atoms with Crippen molar-refractivity contribution in [1.82, 2.24) is 5.32 Å². The van der Waals surface area contributed by atoms with E-state index in [-0.39, 0.29) is 25.4 Å². The van der Waals surface area contributed by atoms with Crippen molar-refractivity contribution in [1.29, 1.82) is 0 Å². The van der Waals surface area contributed by atoms with Crippen molar-refractivity contribution in [2.24, 2.45) is 0 Å². The van der Waals surface area contributed by atoms with Crippen LogP contribution in [0.15, 0.2) is 109 Å². The van der Waals surface area contributed by atoms with Gasteiger partial charge in [-0.3, -0.25) is 14.2 Å². The second-order valence-electron chi connectivity index (χ2n) is 21.1. The third-order valence-corrected chi connectivity index (χ3v) is 13.7. The summed E-state index contributed by atoms with van der Waals surface area (Å²) in [4.78, 5) is 39.9. The molecule has 0 aromatic heterocycles. The van der Waals surface area contributed by atoms with Crippen LogP contribution < -0.4 is 10.2 Å². The minimum Gasteiger partial charge on any atom is -0.756 e. The minimum absolute atomic E-state index is 0.0393. The number of ether oxygens (including phenoxy) is 1. The summed E-state index contributed by atoms with van der Waals surface area (Å²) in [6.45, 7) is 6.64. The van der Waals surface area contributed by atoms with Gasteiger partial charge in [-0.15, -0.1) is 0 Å². The Morgan fingerprint density at radius 3 is 1.33 bits per heavy atom. The van der Waals surface area contributed by atoms with Crippen LogP contribution in [0.2, 0.25) is 0 Å². The molecule has 0 radical (unpaired) electrons. The first kappa shape index (κ1) is 71.7. The third kappa shape index (κ3) is 55.2. The molecule has 75 heavy (non-hydrogen) atoms. The summed E-state index contributed by atoms with van der Waals surface area (Å²) in [7, 11) is 1.13. The zero-order chi connectivity index (χ0) is 55.0. The number of nitrogens with one attached hydrogen (secondary N) is 1. The van der Waals surface area contributed by atoms with Crippen LogP contribution in [0.5, 0.6) is 0 Å². The van der Waals surface area contributed by atoms with Crippen molar-refractivity contribution in [3.05, 3.63) is 109 Å². The molecule has 0 aromatic carbocycles. The number of phosphoric ester groups is 1. The van der Waals surface area contributed by atoms with Gasteiger partial charge in [-0.2, -0.15) is 0 Å². The smallest absolute Gasteiger partial charge is 0.306 e. The summed E-state index contributed by atoms with van der Waals surface area (Å²) in [5.74, 6) is -0.630. The fraction of sp³-hybridized carbons (Fsp3) is 0.692. The van der Waals surface area contributed by atoms with Gasteiger partial charge in [-0.25, -0.2) is 0 Å². The average molecular weight is 1070 g/mol. The molecule has 9 nitrogen and oxygen atoms in total. The van der Waals surface area contributed by atoms with Crippen LogP contribution in [0.1, 0.15) is 239 Å². The van der Waals surface area contributed by atoms with Crippen molar-refractivity contribution in [3.8, 4) is 0 Å². The van der Waals surface area contributed by atoms with Gasteiger partial charge in [-0.1, -0.05) is 227 Å². The minimum atomic E-state index is -4.72. The van der Waals surface area contributed by atoms with Crippen molar-refractivity contribution in [2.45, 2.75) is 251 Å². The van der Waals surface area contributed by atoms with Gasteiger partial charge in [0, 0.05) is 12.8 Å². The number of allylic oxidation sites excluding steroid dienone is 17. The molecule has 3 atom stereocenters. The van der Waals surface area contributed by atoms with Gasteiger partial charge < -0.3 is 28.5 Å². The molecule has 1 N–H and O–H groups in total. The lowest BCUT2D eigenvalue weighted by atomic mass is 10.0. The van der Waals surface area contributed by atoms with Gasteiger partial charge >= 0.3 is 5.97 Å². The molecule has 0 aliphatic heterocycles. The molecule has 0 heterocycles. The molecule has 0 saturated heterocycles. The summed E-state index contributed by atoms with van der Waals surface area (Å²) in [6.07, 6.45) is 73.4. The van der Waals surface area contributed by atoms with Crippen molar-refractivity contribution < 1.29 is 37.3 Å². The predicted octanol–water partition coefficient (Wildman–Crippen LogP) is 17.9. The topological polar surface area (TPSA) is 114 Å². The maximum atomic E-state index is 13.5. The second kappa shape index (κ2) is 54.0. The Morgan fingerprint density at radius 1 is 0.480 bits per heavy atom.